The number of anilines is 1. The minimum atomic E-state index is -0.696. The van der Waals surface area contributed by atoms with E-state index in [0.717, 1.165) is 33.9 Å². The summed E-state index contributed by atoms with van der Waals surface area (Å²) in [4.78, 5) is 20.5. The van der Waals surface area contributed by atoms with Gasteiger partial charge in [-0.25, -0.2) is 0 Å². The first-order valence-electron chi connectivity index (χ1n) is 7.63. The molecule has 0 saturated carbocycles. The molecule has 2 aromatic carbocycles. The molecule has 0 saturated heterocycles. The number of nitro benzene ring substituents is 2. The molecule has 0 unspecified atom stereocenters. The first-order valence-corrected chi connectivity index (χ1v) is 8.17. The van der Waals surface area contributed by atoms with Crippen LogP contribution in [0.2, 0.25) is 0 Å². The first kappa shape index (κ1) is 19.3. The maximum absolute atomic E-state index is 11.1. The Morgan fingerprint density at radius 1 is 1.12 bits per heavy atom. The number of hydrazone groups is 1. The summed E-state index contributed by atoms with van der Waals surface area (Å²) >= 11 is 6.00. The zero-order chi connectivity index (χ0) is 19.4. The topological polar surface area (TPSA) is 111 Å². The summed E-state index contributed by atoms with van der Waals surface area (Å²) < 4.78 is 0. The molecule has 0 aliphatic rings. The molecule has 8 nitrogen and oxygen atoms in total. The van der Waals surface area contributed by atoms with Crippen LogP contribution in [0.4, 0.5) is 17.1 Å². The second-order valence-corrected chi connectivity index (χ2v) is 6.01. The van der Waals surface area contributed by atoms with Crippen LogP contribution in [-0.2, 0) is 5.88 Å². The van der Waals surface area contributed by atoms with Crippen molar-refractivity contribution in [2.45, 2.75) is 26.7 Å². The van der Waals surface area contributed by atoms with Crippen molar-refractivity contribution < 1.29 is 9.85 Å². The fraction of sp³-hybridized carbons (Fsp3) is 0.235. The van der Waals surface area contributed by atoms with Crippen LogP contribution < -0.4 is 5.43 Å². The number of rotatable bonds is 6. The van der Waals surface area contributed by atoms with Gasteiger partial charge in [0.15, 0.2) is 0 Å². The standard InChI is InChI=1S/C17H17ClN4O4/c1-10-6-11(2)15(12(3)14(10)8-18)9-19-20-16-5-4-13(21(23)24)7-17(16)22(25)26/h4-7,9,20H,8H2,1-3H3/b19-9-. The molecule has 9 heteroatoms. The molecule has 0 aromatic heterocycles. The van der Waals surface area contributed by atoms with E-state index < -0.39 is 15.5 Å². The summed E-state index contributed by atoms with van der Waals surface area (Å²) in [6.07, 6.45) is 1.56. The number of nitro groups is 2. The minimum Gasteiger partial charge on any atom is -0.272 e. The zero-order valence-corrected chi connectivity index (χ0v) is 15.2. The lowest BCUT2D eigenvalue weighted by molar-refractivity contribution is -0.393. The van der Waals surface area contributed by atoms with Gasteiger partial charge in [0.05, 0.1) is 22.1 Å². The second-order valence-electron chi connectivity index (χ2n) is 5.75. The van der Waals surface area contributed by atoms with Crippen LogP contribution in [0.1, 0.15) is 27.8 Å². The number of alkyl halides is 1. The van der Waals surface area contributed by atoms with Crippen LogP contribution in [-0.4, -0.2) is 16.1 Å². The Morgan fingerprint density at radius 3 is 2.38 bits per heavy atom. The van der Waals surface area contributed by atoms with Gasteiger partial charge in [-0.1, -0.05) is 6.07 Å². The number of hydrogen-bond acceptors (Lipinski definition) is 6. The van der Waals surface area contributed by atoms with E-state index in [1.807, 2.05) is 26.8 Å². The monoisotopic (exact) mass is 376 g/mol. The van der Waals surface area contributed by atoms with E-state index >= 15 is 0 Å². The van der Waals surface area contributed by atoms with Crippen molar-refractivity contribution in [2.75, 3.05) is 5.43 Å². The Kier molecular flexibility index (Phi) is 5.89. The second kappa shape index (κ2) is 7.92. The van der Waals surface area contributed by atoms with Crippen molar-refractivity contribution >= 4 is 34.9 Å². The number of nitrogens with one attached hydrogen (secondary N) is 1. The summed E-state index contributed by atoms with van der Waals surface area (Å²) in [6, 6.07) is 5.33. The lowest BCUT2D eigenvalue weighted by Crippen LogP contribution is -2.02. The van der Waals surface area contributed by atoms with Gasteiger partial charge < -0.3 is 0 Å². The SMILES string of the molecule is Cc1cc(C)c(CCl)c(C)c1/C=N\Nc1ccc([N+](=O)[O-])cc1[N+](=O)[O-]. The molecule has 0 aliphatic heterocycles. The highest BCUT2D eigenvalue weighted by atomic mass is 35.5. The number of benzene rings is 2. The highest BCUT2D eigenvalue weighted by molar-refractivity contribution is 6.17. The molecule has 0 atom stereocenters. The van der Waals surface area contributed by atoms with Gasteiger partial charge in [0.25, 0.3) is 5.69 Å². The minimum absolute atomic E-state index is 0.0665. The lowest BCUT2D eigenvalue weighted by atomic mass is 9.95. The third-order valence-corrected chi connectivity index (χ3v) is 4.36. The first-order chi connectivity index (χ1) is 12.3. The van der Waals surface area contributed by atoms with Gasteiger partial charge in [0, 0.05) is 17.5 Å². The largest absolute Gasteiger partial charge is 0.301 e. The van der Waals surface area contributed by atoms with Crippen LogP contribution in [0.5, 0.6) is 0 Å². The molecule has 2 rings (SSSR count). The maximum Gasteiger partial charge on any atom is 0.301 e. The van der Waals surface area contributed by atoms with Gasteiger partial charge in [-0.3, -0.25) is 25.7 Å². The van der Waals surface area contributed by atoms with Gasteiger partial charge in [-0.2, -0.15) is 5.10 Å². The third kappa shape index (κ3) is 3.97. The summed E-state index contributed by atoms with van der Waals surface area (Å²) in [5.41, 5.74) is 6.83. The molecular weight excluding hydrogens is 360 g/mol. The fourth-order valence-corrected chi connectivity index (χ4v) is 3.10. The smallest absolute Gasteiger partial charge is 0.272 e. The van der Waals surface area contributed by atoms with Crippen molar-refractivity contribution in [1.29, 1.82) is 0 Å². The van der Waals surface area contributed by atoms with Crippen LogP contribution in [0.3, 0.4) is 0 Å². The summed E-state index contributed by atoms with van der Waals surface area (Å²) in [5, 5.41) is 26.0. The number of aryl methyl sites for hydroxylation is 2. The molecule has 1 N–H and O–H groups in total. The Hall–Kier alpha value is -3.00. The Balaban J connectivity index is 2.35. The van der Waals surface area contributed by atoms with Gasteiger partial charge >= 0.3 is 5.69 Å². The molecule has 0 radical (unpaired) electrons. The molecule has 0 spiro atoms. The van der Waals surface area contributed by atoms with Gasteiger partial charge in [0.1, 0.15) is 5.69 Å². The summed E-state index contributed by atoms with van der Waals surface area (Å²) in [7, 11) is 0. The molecule has 0 aliphatic carbocycles. The van der Waals surface area contributed by atoms with E-state index in [9.17, 15) is 20.2 Å². The molecule has 26 heavy (non-hydrogen) atoms. The molecule has 0 amide bonds. The van der Waals surface area contributed by atoms with Crippen molar-refractivity contribution in [3.63, 3.8) is 0 Å². The van der Waals surface area contributed by atoms with Crippen molar-refractivity contribution in [3.8, 4) is 0 Å². The molecular formula is C17H17ClN4O4. The van der Waals surface area contributed by atoms with Crippen molar-refractivity contribution in [2.24, 2.45) is 5.10 Å². The average Bonchev–Trinajstić information content (AvgIpc) is 2.57. The number of non-ortho nitro benzene ring substituents is 1. The Morgan fingerprint density at radius 2 is 1.81 bits per heavy atom. The van der Waals surface area contributed by atoms with E-state index in [1.165, 1.54) is 12.1 Å². The Labute approximate surface area is 154 Å². The summed E-state index contributed by atoms with van der Waals surface area (Å²) in [5.74, 6) is 0.375. The maximum atomic E-state index is 11.1. The zero-order valence-electron chi connectivity index (χ0n) is 14.4. The van der Waals surface area contributed by atoms with Crippen LogP contribution in [0.15, 0.2) is 29.4 Å². The van der Waals surface area contributed by atoms with Crippen LogP contribution in [0, 0.1) is 41.0 Å². The van der Waals surface area contributed by atoms with E-state index in [4.69, 9.17) is 11.6 Å². The highest BCUT2D eigenvalue weighted by Gasteiger charge is 2.19. The molecule has 0 heterocycles. The van der Waals surface area contributed by atoms with Crippen molar-refractivity contribution in [3.05, 3.63) is 72.3 Å². The predicted octanol–water partition coefficient (Wildman–Crippen LogP) is 4.61. The van der Waals surface area contributed by atoms with Crippen LogP contribution >= 0.6 is 11.6 Å². The number of halogens is 1. The third-order valence-electron chi connectivity index (χ3n) is 4.09. The van der Waals surface area contributed by atoms with Crippen LogP contribution in [0.25, 0.3) is 0 Å². The molecule has 2 aromatic rings. The number of nitrogens with zero attached hydrogens (tertiary/aromatic N) is 3. The number of hydrogen-bond donors (Lipinski definition) is 1. The van der Waals surface area contributed by atoms with Crippen molar-refractivity contribution in [1.82, 2.24) is 0 Å². The van der Waals surface area contributed by atoms with E-state index in [-0.39, 0.29) is 11.4 Å². The summed E-state index contributed by atoms with van der Waals surface area (Å²) in [6.45, 7) is 5.86. The van der Waals surface area contributed by atoms with Gasteiger partial charge in [0.2, 0.25) is 0 Å². The Bertz CT molecular complexity index is 912. The van der Waals surface area contributed by atoms with E-state index in [0.29, 0.717) is 5.88 Å². The lowest BCUT2D eigenvalue weighted by Gasteiger charge is -2.13. The predicted molar refractivity (Wildman–Crippen MR) is 101 cm³/mol. The van der Waals surface area contributed by atoms with E-state index in [1.54, 1.807) is 6.21 Å². The molecule has 136 valence electrons. The molecule has 0 bridgehead atoms. The quantitative estimate of drug-likeness (QED) is 0.342. The van der Waals surface area contributed by atoms with Gasteiger partial charge in [-0.05, 0) is 49.1 Å². The highest BCUT2D eigenvalue weighted by Crippen LogP contribution is 2.29. The van der Waals surface area contributed by atoms with Gasteiger partial charge in [-0.15, -0.1) is 11.6 Å². The molecule has 0 fully saturated rings. The fourth-order valence-electron chi connectivity index (χ4n) is 2.69. The van der Waals surface area contributed by atoms with E-state index in [2.05, 4.69) is 10.5 Å². The average molecular weight is 377 g/mol. The normalized spacial score (nSPS) is 10.9.